The third-order valence-electron chi connectivity index (χ3n) is 3.62. The minimum absolute atomic E-state index is 0.0491. The van der Waals surface area contributed by atoms with Crippen molar-refractivity contribution in [2.75, 3.05) is 20.2 Å². The van der Waals surface area contributed by atoms with Gasteiger partial charge in [-0.05, 0) is 41.8 Å². The fourth-order valence-electron chi connectivity index (χ4n) is 2.26. The van der Waals surface area contributed by atoms with E-state index >= 15 is 0 Å². The first-order valence-corrected chi connectivity index (χ1v) is 7.27. The van der Waals surface area contributed by atoms with E-state index in [1.54, 1.807) is 26.1 Å². The molecule has 116 valence electrons. The summed E-state index contributed by atoms with van der Waals surface area (Å²) in [7, 11) is 1.67. The van der Waals surface area contributed by atoms with E-state index in [-0.39, 0.29) is 12.5 Å². The molecule has 2 aromatic carbocycles. The van der Waals surface area contributed by atoms with E-state index in [1.807, 2.05) is 36.4 Å². The van der Waals surface area contributed by atoms with Gasteiger partial charge in [-0.2, -0.15) is 0 Å². The van der Waals surface area contributed by atoms with Gasteiger partial charge in [0, 0.05) is 19.2 Å². The molecule has 0 fully saturated rings. The summed E-state index contributed by atoms with van der Waals surface area (Å²) in [6, 6.07) is 15.0. The third-order valence-corrected chi connectivity index (χ3v) is 3.62. The summed E-state index contributed by atoms with van der Waals surface area (Å²) in [6.07, 6.45) is -0.507. The summed E-state index contributed by atoms with van der Waals surface area (Å²) in [5, 5.41) is 18.5. The maximum absolute atomic E-state index is 12.1. The van der Waals surface area contributed by atoms with Crippen LogP contribution < -0.4 is 0 Å². The molecule has 0 heterocycles. The minimum Gasteiger partial charge on any atom is -0.395 e. The van der Waals surface area contributed by atoms with Gasteiger partial charge in [0.25, 0.3) is 5.91 Å². The zero-order valence-corrected chi connectivity index (χ0v) is 12.9. The highest BCUT2D eigenvalue weighted by Gasteiger charge is 2.11. The second-order valence-corrected chi connectivity index (χ2v) is 5.33. The number of hydrogen-bond donors (Lipinski definition) is 2. The van der Waals surface area contributed by atoms with E-state index in [0.29, 0.717) is 12.1 Å². The molecular weight excluding hydrogens is 278 g/mol. The third kappa shape index (κ3) is 3.72. The van der Waals surface area contributed by atoms with Crippen LogP contribution in [-0.2, 0) is 0 Å². The number of benzene rings is 2. The molecule has 0 aliphatic carbocycles. The van der Waals surface area contributed by atoms with Gasteiger partial charge >= 0.3 is 0 Å². The van der Waals surface area contributed by atoms with Gasteiger partial charge in [0.15, 0.2) is 0 Å². The van der Waals surface area contributed by atoms with Crippen molar-refractivity contribution >= 4 is 5.91 Å². The van der Waals surface area contributed by atoms with E-state index in [2.05, 4.69) is 0 Å². The molecular formula is C18H21NO3. The number of nitrogens with zero attached hydrogens (tertiary/aromatic N) is 1. The highest BCUT2D eigenvalue weighted by atomic mass is 16.3. The molecule has 0 spiro atoms. The van der Waals surface area contributed by atoms with Gasteiger partial charge in [-0.25, -0.2) is 0 Å². The number of rotatable bonds is 5. The van der Waals surface area contributed by atoms with Crippen LogP contribution in [0.1, 0.15) is 28.9 Å². The summed E-state index contributed by atoms with van der Waals surface area (Å²) in [5.41, 5.74) is 3.44. The lowest BCUT2D eigenvalue weighted by molar-refractivity contribution is 0.0767. The van der Waals surface area contributed by atoms with Crippen LogP contribution in [0.5, 0.6) is 0 Å². The lowest BCUT2D eigenvalue weighted by Crippen LogP contribution is -2.29. The molecule has 0 aromatic heterocycles. The lowest BCUT2D eigenvalue weighted by atomic mass is 10.00. The SMILES string of the molecule is C[C@H](O)c1cccc(-c2ccc(C(=O)N(C)CCO)cc2)c1. The zero-order valence-electron chi connectivity index (χ0n) is 12.9. The molecule has 0 saturated heterocycles. The number of likely N-dealkylation sites (N-methyl/N-ethyl adjacent to an activating group) is 1. The zero-order chi connectivity index (χ0) is 16.1. The molecule has 0 saturated carbocycles. The van der Waals surface area contributed by atoms with Crippen molar-refractivity contribution < 1.29 is 15.0 Å². The Bertz CT molecular complexity index is 635. The Morgan fingerprint density at radius 3 is 2.41 bits per heavy atom. The van der Waals surface area contributed by atoms with Gasteiger partial charge in [0.1, 0.15) is 0 Å². The molecule has 0 radical (unpaired) electrons. The Morgan fingerprint density at radius 2 is 1.82 bits per heavy atom. The van der Waals surface area contributed by atoms with E-state index in [9.17, 15) is 9.90 Å². The van der Waals surface area contributed by atoms with Crippen LogP contribution in [0.15, 0.2) is 48.5 Å². The number of hydrogen-bond acceptors (Lipinski definition) is 3. The van der Waals surface area contributed by atoms with Gasteiger partial charge in [0.2, 0.25) is 0 Å². The molecule has 1 atom stereocenters. The molecule has 1 amide bonds. The van der Waals surface area contributed by atoms with Crippen LogP contribution in [0.3, 0.4) is 0 Å². The summed E-state index contributed by atoms with van der Waals surface area (Å²) in [5.74, 6) is -0.113. The van der Waals surface area contributed by atoms with Crippen molar-refractivity contribution in [1.29, 1.82) is 0 Å². The summed E-state index contributed by atoms with van der Waals surface area (Å²) < 4.78 is 0. The topological polar surface area (TPSA) is 60.8 Å². The van der Waals surface area contributed by atoms with Crippen LogP contribution in [-0.4, -0.2) is 41.2 Å². The average molecular weight is 299 g/mol. The second kappa shape index (κ2) is 7.20. The average Bonchev–Trinajstić information content (AvgIpc) is 2.54. The molecule has 0 aliphatic heterocycles. The largest absolute Gasteiger partial charge is 0.395 e. The van der Waals surface area contributed by atoms with Crippen LogP contribution >= 0.6 is 0 Å². The molecule has 2 N–H and O–H groups in total. The Balaban J connectivity index is 2.22. The predicted octanol–water partition coefficient (Wildman–Crippen LogP) is 2.47. The Kier molecular flexibility index (Phi) is 5.31. The number of carbonyl (C=O) groups is 1. The number of aliphatic hydroxyl groups is 2. The van der Waals surface area contributed by atoms with Gasteiger partial charge in [0.05, 0.1) is 12.7 Å². The van der Waals surface area contributed by atoms with Gasteiger partial charge in [-0.15, -0.1) is 0 Å². The molecule has 4 nitrogen and oxygen atoms in total. The molecule has 2 rings (SSSR count). The van der Waals surface area contributed by atoms with E-state index in [1.165, 1.54) is 4.90 Å². The summed E-state index contributed by atoms with van der Waals surface area (Å²) in [6.45, 7) is 2.00. The molecule has 22 heavy (non-hydrogen) atoms. The monoisotopic (exact) mass is 299 g/mol. The van der Waals surface area contributed by atoms with Crippen molar-refractivity contribution in [3.05, 3.63) is 59.7 Å². The molecule has 2 aromatic rings. The first-order chi connectivity index (χ1) is 10.5. The van der Waals surface area contributed by atoms with Gasteiger partial charge in [-0.1, -0.05) is 30.3 Å². The quantitative estimate of drug-likeness (QED) is 0.891. The highest BCUT2D eigenvalue weighted by molar-refractivity contribution is 5.94. The second-order valence-electron chi connectivity index (χ2n) is 5.33. The maximum atomic E-state index is 12.1. The van der Waals surface area contributed by atoms with Crippen LogP contribution in [0.2, 0.25) is 0 Å². The highest BCUT2D eigenvalue weighted by Crippen LogP contribution is 2.23. The van der Waals surface area contributed by atoms with Gasteiger partial charge < -0.3 is 15.1 Å². The fraction of sp³-hybridized carbons (Fsp3) is 0.278. The number of aliphatic hydroxyl groups excluding tert-OH is 2. The molecule has 0 unspecified atom stereocenters. The first kappa shape index (κ1) is 16.2. The van der Waals surface area contributed by atoms with E-state index in [4.69, 9.17) is 5.11 Å². The normalized spacial score (nSPS) is 12.0. The van der Waals surface area contributed by atoms with Crippen LogP contribution in [0.4, 0.5) is 0 Å². The smallest absolute Gasteiger partial charge is 0.253 e. The predicted molar refractivity (Wildman–Crippen MR) is 86.6 cm³/mol. The van der Waals surface area contributed by atoms with E-state index in [0.717, 1.165) is 16.7 Å². The first-order valence-electron chi connectivity index (χ1n) is 7.27. The Hall–Kier alpha value is -2.17. The molecule has 0 bridgehead atoms. The van der Waals surface area contributed by atoms with Crippen LogP contribution in [0, 0.1) is 0 Å². The maximum Gasteiger partial charge on any atom is 0.253 e. The van der Waals surface area contributed by atoms with Crippen molar-refractivity contribution in [3.8, 4) is 11.1 Å². The van der Waals surface area contributed by atoms with Crippen molar-refractivity contribution in [2.24, 2.45) is 0 Å². The summed E-state index contributed by atoms with van der Waals surface area (Å²) in [4.78, 5) is 13.6. The molecule has 4 heteroatoms. The standard InChI is InChI=1S/C18H21NO3/c1-13(21)16-4-3-5-17(12-16)14-6-8-15(9-7-14)18(22)19(2)10-11-20/h3-9,12-13,20-21H,10-11H2,1-2H3/t13-/m0/s1. The lowest BCUT2D eigenvalue weighted by Gasteiger charge is -2.15. The number of amides is 1. The van der Waals surface area contributed by atoms with E-state index < -0.39 is 6.10 Å². The fourth-order valence-corrected chi connectivity index (χ4v) is 2.26. The van der Waals surface area contributed by atoms with Crippen molar-refractivity contribution in [1.82, 2.24) is 4.90 Å². The minimum atomic E-state index is -0.507. The van der Waals surface area contributed by atoms with Crippen molar-refractivity contribution in [2.45, 2.75) is 13.0 Å². The van der Waals surface area contributed by atoms with Crippen molar-refractivity contribution in [3.63, 3.8) is 0 Å². The number of carbonyl (C=O) groups excluding carboxylic acids is 1. The Morgan fingerprint density at radius 1 is 1.14 bits per heavy atom. The molecule has 0 aliphatic rings. The Labute approximate surface area is 130 Å². The van der Waals surface area contributed by atoms with Gasteiger partial charge in [-0.3, -0.25) is 4.79 Å². The summed E-state index contributed by atoms with van der Waals surface area (Å²) >= 11 is 0. The van der Waals surface area contributed by atoms with Crippen LogP contribution in [0.25, 0.3) is 11.1 Å².